The zero-order valence-corrected chi connectivity index (χ0v) is 13.0. The second-order valence-electron chi connectivity index (χ2n) is 5.55. The van der Waals surface area contributed by atoms with Crippen LogP contribution in [0.25, 0.3) is 0 Å². The summed E-state index contributed by atoms with van der Waals surface area (Å²) >= 11 is 3.77. The van der Waals surface area contributed by atoms with Crippen molar-refractivity contribution in [3.63, 3.8) is 0 Å². The van der Waals surface area contributed by atoms with Gasteiger partial charge >= 0.3 is 5.97 Å². The first kappa shape index (κ1) is 14.3. The van der Waals surface area contributed by atoms with Gasteiger partial charge in [0.05, 0.1) is 17.1 Å². The van der Waals surface area contributed by atoms with Crippen LogP contribution >= 0.6 is 23.5 Å². The summed E-state index contributed by atoms with van der Waals surface area (Å²) in [6, 6.07) is 0. The summed E-state index contributed by atoms with van der Waals surface area (Å²) in [7, 11) is 0. The van der Waals surface area contributed by atoms with Crippen LogP contribution in [0.4, 0.5) is 0 Å². The van der Waals surface area contributed by atoms with Gasteiger partial charge in [-0.25, -0.2) is 0 Å². The molecule has 2 heterocycles. The molecule has 1 aliphatic heterocycles. The lowest BCUT2D eigenvalue weighted by Gasteiger charge is -2.17. The minimum absolute atomic E-state index is 0.120. The molecule has 4 unspecified atom stereocenters. The molecular formula is C13H18N2O3S2. The molecule has 4 atom stereocenters. The fourth-order valence-electron chi connectivity index (χ4n) is 3.00. The van der Waals surface area contributed by atoms with Gasteiger partial charge in [0.25, 0.3) is 0 Å². The van der Waals surface area contributed by atoms with Crippen molar-refractivity contribution < 1.29 is 14.4 Å². The first-order chi connectivity index (χ1) is 9.65. The van der Waals surface area contributed by atoms with Gasteiger partial charge in [-0.15, -0.1) is 11.8 Å². The fourth-order valence-corrected chi connectivity index (χ4v) is 5.59. The van der Waals surface area contributed by atoms with Crippen molar-refractivity contribution in [2.75, 3.05) is 17.3 Å². The van der Waals surface area contributed by atoms with Crippen LogP contribution in [0, 0.1) is 11.8 Å². The topological polar surface area (TPSA) is 76.2 Å². The lowest BCUT2D eigenvalue weighted by Crippen LogP contribution is -2.17. The predicted octanol–water partition coefficient (Wildman–Crippen LogP) is 2.81. The maximum Gasteiger partial charge on any atom is 0.307 e. The largest absolute Gasteiger partial charge is 0.481 e. The third-order valence-electron chi connectivity index (χ3n) is 3.99. The molecule has 2 fully saturated rings. The highest BCUT2D eigenvalue weighted by molar-refractivity contribution is 8.06. The Labute approximate surface area is 126 Å². The molecule has 0 amide bonds. The summed E-state index contributed by atoms with van der Waals surface area (Å²) in [6.45, 7) is 2.08. The number of hydrogen-bond donors (Lipinski definition) is 1. The maximum absolute atomic E-state index is 11.3. The van der Waals surface area contributed by atoms with Gasteiger partial charge in [0.15, 0.2) is 5.82 Å². The molecule has 0 radical (unpaired) electrons. The van der Waals surface area contributed by atoms with E-state index in [0.717, 1.165) is 23.8 Å². The van der Waals surface area contributed by atoms with Crippen LogP contribution < -0.4 is 0 Å². The summed E-state index contributed by atoms with van der Waals surface area (Å²) in [6.07, 6.45) is 1.52. The molecule has 3 rings (SSSR count). The van der Waals surface area contributed by atoms with E-state index in [0.29, 0.717) is 18.2 Å². The van der Waals surface area contributed by atoms with Crippen molar-refractivity contribution in [1.82, 2.24) is 10.1 Å². The van der Waals surface area contributed by atoms with Crippen LogP contribution in [-0.4, -0.2) is 38.5 Å². The zero-order valence-electron chi connectivity index (χ0n) is 11.3. The molecule has 0 aromatic carbocycles. The summed E-state index contributed by atoms with van der Waals surface area (Å²) in [5, 5.41) is 13.7. The van der Waals surface area contributed by atoms with Crippen molar-refractivity contribution in [2.45, 2.75) is 30.9 Å². The van der Waals surface area contributed by atoms with Gasteiger partial charge < -0.3 is 9.63 Å². The Balaban J connectivity index is 1.77. The Morgan fingerprint density at radius 3 is 2.95 bits per heavy atom. The van der Waals surface area contributed by atoms with Gasteiger partial charge in [-0.05, 0) is 18.8 Å². The molecule has 7 heteroatoms. The van der Waals surface area contributed by atoms with Crippen molar-refractivity contribution in [2.24, 2.45) is 11.8 Å². The van der Waals surface area contributed by atoms with Gasteiger partial charge in [-0.3, -0.25) is 4.79 Å². The van der Waals surface area contributed by atoms with Crippen LogP contribution in [0.5, 0.6) is 0 Å². The Kier molecular flexibility index (Phi) is 4.26. The Bertz CT molecular complexity index is 488. The second-order valence-corrected chi connectivity index (χ2v) is 8.01. The molecule has 1 N–H and O–H groups in total. The summed E-state index contributed by atoms with van der Waals surface area (Å²) in [4.78, 5) is 15.8. The van der Waals surface area contributed by atoms with Crippen molar-refractivity contribution in [1.29, 1.82) is 0 Å². The molecule has 1 saturated carbocycles. The number of thioether (sulfide) groups is 2. The molecule has 1 aromatic heterocycles. The standard InChI is InChI=1S/C13H18N2O3S2/c1-7-4-8(9(5-7)13(16)17)12-14-11(15-18-12)10-6-19-2-3-20-10/h7-10H,2-6H2,1H3,(H,16,17). The van der Waals surface area contributed by atoms with Crippen molar-refractivity contribution in [3.8, 4) is 0 Å². The lowest BCUT2D eigenvalue weighted by atomic mass is 9.96. The van der Waals surface area contributed by atoms with Crippen LogP contribution in [-0.2, 0) is 4.79 Å². The van der Waals surface area contributed by atoms with Crippen LogP contribution in [0.2, 0.25) is 0 Å². The number of aliphatic carboxylic acids is 1. The van der Waals surface area contributed by atoms with Gasteiger partial charge in [-0.1, -0.05) is 12.1 Å². The van der Waals surface area contributed by atoms with E-state index in [1.165, 1.54) is 5.75 Å². The number of carboxylic acid groups (broad SMARTS) is 1. The zero-order chi connectivity index (χ0) is 14.1. The van der Waals surface area contributed by atoms with Gasteiger partial charge in [0, 0.05) is 17.3 Å². The number of nitrogens with zero attached hydrogens (tertiary/aromatic N) is 2. The van der Waals surface area contributed by atoms with E-state index in [9.17, 15) is 9.90 Å². The summed E-state index contributed by atoms with van der Waals surface area (Å²) in [5.74, 6) is 3.70. The van der Waals surface area contributed by atoms with E-state index in [1.54, 1.807) is 0 Å². The van der Waals surface area contributed by atoms with E-state index < -0.39 is 5.97 Å². The first-order valence-corrected chi connectivity index (χ1v) is 9.11. The van der Waals surface area contributed by atoms with E-state index in [2.05, 4.69) is 17.1 Å². The average Bonchev–Trinajstić information content (AvgIpc) is 3.06. The highest BCUT2D eigenvalue weighted by atomic mass is 32.2. The molecular weight excluding hydrogens is 296 g/mol. The third kappa shape index (κ3) is 2.83. The molecule has 1 saturated heterocycles. The van der Waals surface area contributed by atoms with Crippen molar-refractivity contribution in [3.05, 3.63) is 11.7 Å². The molecule has 1 aliphatic carbocycles. The lowest BCUT2D eigenvalue weighted by molar-refractivity contribution is -0.142. The van der Waals surface area contributed by atoms with Gasteiger partial charge in [0.2, 0.25) is 5.89 Å². The maximum atomic E-state index is 11.3. The average molecular weight is 314 g/mol. The number of rotatable bonds is 3. The molecule has 5 nitrogen and oxygen atoms in total. The number of hydrogen-bond acceptors (Lipinski definition) is 6. The third-order valence-corrected chi connectivity index (χ3v) is 6.74. The molecule has 110 valence electrons. The monoisotopic (exact) mass is 314 g/mol. The second kappa shape index (κ2) is 5.97. The minimum atomic E-state index is -0.748. The van der Waals surface area contributed by atoms with Crippen LogP contribution in [0.15, 0.2) is 4.52 Å². The highest BCUT2D eigenvalue weighted by Gasteiger charge is 2.41. The molecule has 2 aliphatic rings. The number of carbonyl (C=O) groups is 1. The Hall–Kier alpha value is -0.690. The van der Waals surface area contributed by atoms with Gasteiger partial charge in [-0.2, -0.15) is 16.7 Å². The predicted molar refractivity (Wildman–Crippen MR) is 79.1 cm³/mol. The summed E-state index contributed by atoms with van der Waals surface area (Å²) < 4.78 is 5.38. The SMILES string of the molecule is CC1CC(C(=O)O)C(c2nc(C3CSCCS3)no2)C1. The number of carboxylic acids is 1. The van der Waals surface area contributed by atoms with E-state index in [-0.39, 0.29) is 17.1 Å². The number of aromatic nitrogens is 2. The minimum Gasteiger partial charge on any atom is -0.481 e. The van der Waals surface area contributed by atoms with E-state index in [1.807, 2.05) is 23.5 Å². The molecule has 1 aromatic rings. The quantitative estimate of drug-likeness (QED) is 0.919. The smallest absolute Gasteiger partial charge is 0.307 e. The van der Waals surface area contributed by atoms with E-state index in [4.69, 9.17) is 4.52 Å². The van der Waals surface area contributed by atoms with Crippen LogP contribution in [0.3, 0.4) is 0 Å². The normalized spacial score (nSPS) is 34.2. The van der Waals surface area contributed by atoms with Gasteiger partial charge in [0.1, 0.15) is 0 Å². The molecule has 0 bridgehead atoms. The molecule has 0 spiro atoms. The van der Waals surface area contributed by atoms with Crippen molar-refractivity contribution >= 4 is 29.5 Å². The van der Waals surface area contributed by atoms with E-state index >= 15 is 0 Å². The summed E-state index contributed by atoms with van der Waals surface area (Å²) in [5.41, 5.74) is 0. The fraction of sp³-hybridized carbons (Fsp3) is 0.769. The molecule has 20 heavy (non-hydrogen) atoms. The Morgan fingerprint density at radius 1 is 1.40 bits per heavy atom. The first-order valence-electron chi connectivity index (χ1n) is 6.90. The van der Waals surface area contributed by atoms with Crippen LogP contribution in [0.1, 0.15) is 42.6 Å². The highest BCUT2D eigenvalue weighted by Crippen LogP contribution is 2.43. The Morgan fingerprint density at radius 2 is 2.25 bits per heavy atom.